The lowest BCUT2D eigenvalue weighted by molar-refractivity contribution is 0.0691. The summed E-state index contributed by atoms with van der Waals surface area (Å²) in [5.41, 5.74) is 1.67. The van der Waals surface area contributed by atoms with Gasteiger partial charge in [-0.15, -0.1) is 0 Å². The predicted octanol–water partition coefficient (Wildman–Crippen LogP) is 2.75. The largest absolute Gasteiger partial charge is 0.478 e. The van der Waals surface area contributed by atoms with Crippen LogP contribution in [0, 0.1) is 6.92 Å². The Labute approximate surface area is 122 Å². The maximum Gasteiger partial charge on any atom is 0.338 e. The molecular weight excluding hydrogens is 268 g/mol. The van der Waals surface area contributed by atoms with Gasteiger partial charge in [0.1, 0.15) is 5.69 Å². The number of hydrogen-bond donors (Lipinski definition) is 1. The Morgan fingerprint density at radius 2 is 1.86 bits per heavy atom. The van der Waals surface area contributed by atoms with E-state index in [1.54, 1.807) is 0 Å². The molecule has 0 fully saturated rings. The van der Waals surface area contributed by atoms with Crippen molar-refractivity contribution in [3.05, 3.63) is 59.4 Å². The maximum atomic E-state index is 12.6. The number of pyridine rings is 1. The number of aromatic carboxylic acids is 1. The van der Waals surface area contributed by atoms with Gasteiger partial charge >= 0.3 is 5.97 Å². The average Bonchev–Trinajstić information content (AvgIpc) is 2.49. The molecule has 1 amide bonds. The minimum atomic E-state index is -1.16. The first kappa shape index (κ1) is 14.7. The molecule has 1 N–H and O–H groups in total. The quantitative estimate of drug-likeness (QED) is 0.937. The highest BCUT2D eigenvalue weighted by molar-refractivity contribution is 6.10. The summed E-state index contributed by atoms with van der Waals surface area (Å²) in [6.07, 6.45) is 1.42. The smallest absolute Gasteiger partial charge is 0.338 e. The highest BCUT2D eigenvalue weighted by Gasteiger charge is 2.23. The zero-order valence-electron chi connectivity index (χ0n) is 11.9. The number of carbonyl (C=O) groups excluding carboxylic acids is 1. The molecule has 5 nitrogen and oxygen atoms in total. The van der Waals surface area contributed by atoms with Gasteiger partial charge in [-0.1, -0.05) is 17.7 Å². The molecule has 0 aliphatic heterocycles. The van der Waals surface area contributed by atoms with E-state index in [4.69, 9.17) is 5.11 Å². The van der Waals surface area contributed by atoms with Gasteiger partial charge in [-0.3, -0.25) is 9.78 Å². The Morgan fingerprint density at radius 3 is 2.43 bits per heavy atom. The first-order valence-corrected chi connectivity index (χ1v) is 6.61. The van der Waals surface area contributed by atoms with E-state index in [1.165, 1.54) is 23.2 Å². The van der Waals surface area contributed by atoms with Crippen molar-refractivity contribution in [3.63, 3.8) is 0 Å². The number of carbonyl (C=O) groups is 2. The maximum absolute atomic E-state index is 12.6. The molecule has 0 aliphatic carbocycles. The third-order valence-electron chi connectivity index (χ3n) is 3.15. The van der Waals surface area contributed by atoms with Crippen LogP contribution in [0.3, 0.4) is 0 Å². The van der Waals surface area contributed by atoms with Crippen molar-refractivity contribution in [1.29, 1.82) is 0 Å². The van der Waals surface area contributed by atoms with Crippen molar-refractivity contribution in [3.8, 4) is 0 Å². The van der Waals surface area contributed by atoms with Crippen LogP contribution in [0.1, 0.15) is 33.3 Å². The summed E-state index contributed by atoms with van der Waals surface area (Å²) in [4.78, 5) is 29.2. The lowest BCUT2D eigenvalue weighted by atomic mass is 10.1. The molecule has 2 aromatic rings. The van der Waals surface area contributed by atoms with Crippen molar-refractivity contribution in [2.45, 2.75) is 13.8 Å². The summed E-state index contributed by atoms with van der Waals surface area (Å²) < 4.78 is 0. The number of amides is 1. The molecule has 0 bridgehead atoms. The van der Waals surface area contributed by atoms with Crippen molar-refractivity contribution in [2.24, 2.45) is 0 Å². The lowest BCUT2D eigenvalue weighted by Gasteiger charge is -2.21. The Balaban J connectivity index is 2.41. The number of anilines is 1. The zero-order chi connectivity index (χ0) is 15.4. The van der Waals surface area contributed by atoms with E-state index in [2.05, 4.69) is 4.98 Å². The molecule has 0 unspecified atom stereocenters. The van der Waals surface area contributed by atoms with E-state index in [9.17, 15) is 9.59 Å². The van der Waals surface area contributed by atoms with Gasteiger partial charge in [0.25, 0.3) is 5.91 Å². The molecule has 1 aromatic carbocycles. The second-order valence-corrected chi connectivity index (χ2v) is 4.59. The fraction of sp³-hybridized carbons (Fsp3) is 0.188. The second-order valence-electron chi connectivity index (χ2n) is 4.59. The average molecular weight is 284 g/mol. The van der Waals surface area contributed by atoms with Gasteiger partial charge in [-0.2, -0.15) is 0 Å². The normalized spacial score (nSPS) is 10.2. The number of rotatable bonds is 4. The van der Waals surface area contributed by atoms with Gasteiger partial charge in [0.05, 0.1) is 5.56 Å². The third-order valence-corrected chi connectivity index (χ3v) is 3.15. The van der Waals surface area contributed by atoms with Crippen LogP contribution in [0.2, 0.25) is 0 Å². The van der Waals surface area contributed by atoms with Crippen LogP contribution in [0.4, 0.5) is 5.69 Å². The van der Waals surface area contributed by atoms with Crippen LogP contribution in [-0.4, -0.2) is 28.5 Å². The molecular formula is C16H16N2O3. The summed E-state index contributed by atoms with van der Waals surface area (Å²) in [5.74, 6) is -1.58. The summed E-state index contributed by atoms with van der Waals surface area (Å²) in [7, 11) is 0. The highest BCUT2D eigenvalue weighted by atomic mass is 16.4. The highest BCUT2D eigenvalue weighted by Crippen LogP contribution is 2.18. The zero-order valence-corrected chi connectivity index (χ0v) is 11.9. The number of hydrogen-bond acceptors (Lipinski definition) is 3. The Kier molecular flexibility index (Phi) is 4.33. The number of nitrogens with zero attached hydrogens (tertiary/aromatic N) is 2. The molecule has 108 valence electrons. The topological polar surface area (TPSA) is 70.5 Å². The van der Waals surface area contributed by atoms with Crippen molar-refractivity contribution < 1.29 is 14.7 Å². The predicted molar refractivity (Wildman–Crippen MR) is 79.7 cm³/mol. The van der Waals surface area contributed by atoms with Gasteiger partial charge in [0, 0.05) is 18.4 Å². The molecule has 0 radical (unpaired) electrons. The van der Waals surface area contributed by atoms with Crippen LogP contribution in [0.25, 0.3) is 0 Å². The first-order chi connectivity index (χ1) is 10.0. The minimum absolute atomic E-state index is 0.0487. The fourth-order valence-electron chi connectivity index (χ4n) is 2.04. The van der Waals surface area contributed by atoms with Crippen LogP contribution in [-0.2, 0) is 0 Å². The molecule has 1 heterocycles. The SMILES string of the molecule is CCN(C(=O)c1ncccc1C(=O)O)c1ccc(C)cc1. The standard InChI is InChI=1S/C16H16N2O3/c1-3-18(12-8-6-11(2)7-9-12)15(19)14-13(16(20)21)5-4-10-17-14/h4-10H,3H2,1-2H3,(H,20,21). The molecule has 0 atom stereocenters. The van der Waals surface area contributed by atoms with E-state index < -0.39 is 11.9 Å². The second kappa shape index (κ2) is 6.17. The van der Waals surface area contributed by atoms with Crippen LogP contribution in [0.5, 0.6) is 0 Å². The first-order valence-electron chi connectivity index (χ1n) is 6.61. The third kappa shape index (κ3) is 3.08. The van der Waals surface area contributed by atoms with Gasteiger partial charge in [-0.25, -0.2) is 4.79 Å². The van der Waals surface area contributed by atoms with Gasteiger partial charge in [0.2, 0.25) is 0 Å². The van der Waals surface area contributed by atoms with Gasteiger partial charge in [-0.05, 0) is 38.1 Å². The molecule has 5 heteroatoms. The Morgan fingerprint density at radius 1 is 1.19 bits per heavy atom. The summed E-state index contributed by atoms with van der Waals surface area (Å²) in [5, 5.41) is 9.17. The molecule has 0 saturated carbocycles. The van der Waals surface area contributed by atoms with Crippen LogP contribution < -0.4 is 4.90 Å². The van der Waals surface area contributed by atoms with E-state index in [0.717, 1.165) is 11.3 Å². The minimum Gasteiger partial charge on any atom is -0.478 e. The molecule has 0 aliphatic rings. The van der Waals surface area contributed by atoms with E-state index >= 15 is 0 Å². The number of carboxylic acids is 1. The van der Waals surface area contributed by atoms with Gasteiger partial charge in [0.15, 0.2) is 0 Å². The van der Waals surface area contributed by atoms with E-state index in [0.29, 0.717) is 6.54 Å². The molecule has 0 spiro atoms. The molecule has 21 heavy (non-hydrogen) atoms. The molecule has 1 aromatic heterocycles. The number of aromatic nitrogens is 1. The summed E-state index contributed by atoms with van der Waals surface area (Å²) >= 11 is 0. The molecule has 0 saturated heterocycles. The van der Waals surface area contributed by atoms with Gasteiger partial charge < -0.3 is 10.0 Å². The lowest BCUT2D eigenvalue weighted by Crippen LogP contribution is -2.32. The Hall–Kier alpha value is -2.69. The number of benzene rings is 1. The van der Waals surface area contributed by atoms with Crippen molar-refractivity contribution in [2.75, 3.05) is 11.4 Å². The van der Waals surface area contributed by atoms with Crippen molar-refractivity contribution in [1.82, 2.24) is 4.98 Å². The molecule has 2 rings (SSSR count). The number of aryl methyl sites for hydroxylation is 1. The van der Waals surface area contributed by atoms with Crippen LogP contribution >= 0.6 is 0 Å². The van der Waals surface area contributed by atoms with Crippen molar-refractivity contribution >= 4 is 17.6 Å². The summed E-state index contributed by atoms with van der Waals surface area (Å²) in [6.45, 7) is 4.22. The monoisotopic (exact) mass is 284 g/mol. The van der Waals surface area contributed by atoms with Crippen LogP contribution in [0.15, 0.2) is 42.6 Å². The number of carboxylic acid groups (broad SMARTS) is 1. The fourth-order valence-corrected chi connectivity index (χ4v) is 2.04. The summed E-state index contributed by atoms with van der Waals surface area (Å²) in [6, 6.07) is 10.4. The van der Waals surface area contributed by atoms with E-state index in [-0.39, 0.29) is 11.3 Å². The Bertz CT molecular complexity index is 665. The van der Waals surface area contributed by atoms with E-state index in [1.807, 2.05) is 38.1 Å².